The van der Waals surface area contributed by atoms with Crippen LogP contribution in [0.4, 0.5) is 15.8 Å². The molecular weight excluding hydrogens is 291 g/mol. The highest BCUT2D eigenvalue weighted by molar-refractivity contribution is 7.93. The van der Waals surface area contributed by atoms with Crippen LogP contribution in [-0.2, 0) is 14.5 Å². The van der Waals surface area contributed by atoms with Crippen molar-refractivity contribution in [3.63, 3.8) is 0 Å². The van der Waals surface area contributed by atoms with Crippen molar-refractivity contribution in [2.24, 2.45) is 4.36 Å². The minimum atomic E-state index is -2.10. The van der Waals surface area contributed by atoms with E-state index in [1.54, 1.807) is 24.3 Å². The Labute approximate surface area is 116 Å². The quantitative estimate of drug-likeness (QED) is 0.873. The van der Waals surface area contributed by atoms with Gasteiger partial charge in [0.1, 0.15) is 0 Å². The minimum absolute atomic E-state index is 0.425. The standard InChI is InChI=1S/C12H14ClFN2O2S/c13-11(14)12(17)15-9-3-5-10(6-4-9)16-19(18)7-1-2-8-19/h3-6,11H,1-2,7-8H2,(H,15,17). The number of benzene rings is 1. The molecule has 1 fully saturated rings. The number of nitrogens with zero attached hydrogens (tertiary/aromatic N) is 1. The highest BCUT2D eigenvalue weighted by Gasteiger charge is 2.16. The van der Waals surface area contributed by atoms with Gasteiger partial charge in [0.2, 0.25) is 0 Å². The fourth-order valence-corrected chi connectivity index (χ4v) is 4.10. The van der Waals surface area contributed by atoms with Crippen LogP contribution in [0.1, 0.15) is 12.8 Å². The van der Waals surface area contributed by atoms with Gasteiger partial charge in [-0.15, -0.1) is 0 Å². The lowest BCUT2D eigenvalue weighted by atomic mass is 10.3. The summed E-state index contributed by atoms with van der Waals surface area (Å²) in [4.78, 5) is 11.0. The topological polar surface area (TPSA) is 58.5 Å². The molecular formula is C12H14ClFN2O2S. The second kappa shape index (κ2) is 5.88. The molecule has 0 aliphatic carbocycles. The van der Waals surface area contributed by atoms with Crippen molar-refractivity contribution in [3.05, 3.63) is 24.3 Å². The molecule has 1 amide bonds. The van der Waals surface area contributed by atoms with Gasteiger partial charge in [0.05, 0.1) is 15.4 Å². The van der Waals surface area contributed by atoms with Crippen LogP contribution in [-0.4, -0.2) is 27.3 Å². The third-order valence-corrected chi connectivity index (χ3v) is 5.38. The summed E-state index contributed by atoms with van der Waals surface area (Å²) in [5.74, 6) is 0.371. The van der Waals surface area contributed by atoms with Crippen molar-refractivity contribution in [2.45, 2.75) is 18.5 Å². The molecule has 0 radical (unpaired) electrons. The number of carbonyl (C=O) groups excluding carboxylic acids is 1. The second-order valence-corrected chi connectivity index (χ2v) is 7.24. The minimum Gasteiger partial charge on any atom is -0.322 e. The van der Waals surface area contributed by atoms with Gasteiger partial charge >= 0.3 is 0 Å². The van der Waals surface area contributed by atoms with Gasteiger partial charge in [-0.2, -0.15) is 4.36 Å². The highest BCUT2D eigenvalue weighted by atomic mass is 35.5. The number of hydrogen-bond acceptors (Lipinski definition) is 3. The third kappa shape index (κ3) is 3.91. The van der Waals surface area contributed by atoms with Crippen molar-refractivity contribution < 1.29 is 13.4 Å². The largest absolute Gasteiger partial charge is 0.322 e. The molecule has 1 unspecified atom stereocenters. The van der Waals surface area contributed by atoms with E-state index in [0.29, 0.717) is 22.9 Å². The number of anilines is 1. The van der Waals surface area contributed by atoms with Crippen molar-refractivity contribution in [1.82, 2.24) is 0 Å². The van der Waals surface area contributed by atoms with E-state index >= 15 is 0 Å². The van der Waals surface area contributed by atoms with E-state index in [1.807, 2.05) is 0 Å². The molecule has 0 spiro atoms. The van der Waals surface area contributed by atoms with E-state index in [2.05, 4.69) is 9.68 Å². The number of alkyl halides is 2. The van der Waals surface area contributed by atoms with Crippen molar-refractivity contribution in [1.29, 1.82) is 0 Å². The molecule has 1 N–H and O–H groups in total. The first kappa shape index (κ1) is 14.3. The van der Waals surface area contributed by atoms with E-state index in [9.17, 15) is 13.4 Å². The predicted molar refractivity (Wildman–Crippen MR) is 75.0 cm³/mol. The maximum absolute atomic E-state index is 12.5. The molecule has 1 aliphatic rings. The molecule has 0 bridgehead atoms. The first-order valence-electron chi connectivity index (χ1n) is 5.90. The fourth-order valence-electron chi connectivity index (χ4n) is 1.84. The maximum atomic E-state index is 12.5. The zero-order chi connectivity index (χ0) is 13.9. The van der Waals surface area contributed by atoms with Gasteiger partial charge in [0, 0.05) is 17.2 Å². The van der Waals surface area contributed by atoms with Crippen molar-refractivity contribution in [2.75, 3.05) is 16.8 Å². The second-order valence-electron chi connectivity index (χ2n) is 4.32. The van der Waals surface area contributed by atoms with E-state index in [-0.39, 0.29) is 0 Å². The zero-order valence-corrected chi connectivity index (χ0v) is 11.7. The van der Waals surface area contributed by atoms with Crippen molar-refractivity contribution >= 4 is 38.6 Å². The Morgan fingerprint density at radius 1 is 1.32 bits per heavy atom. The average molecular weight is 305 g/mol. The number of amides is 1. The number of hydrogen-bond donors (Lipinski definition) is 1. The molecule has 1 saturated heterocycles. The first-order valence-corrected chi connectivity index (χ1v) is 8.19. The summed E-state index contributed by atoms with van der Waals surface area (Å²) < 4.78 is 28.9. The van der Waals surface area contributed by atoms with Crippen LogP contribution in [0, 0.1) is 0 Å². The summed E-state index contributed by atoms with van der Waals surface area (Å²) in [5, 5.41) is 2.31. The van der Waals surface area contributed by atoms with E-state index in [4.69, 9.17) is 11.6 Å². The Kier molecular flexibility index (Phi) is 4.42. The zero-order valence-electron chi connectivity index (χ0n) is 10.1. The lowest BCUT2D eigenvalue weighted by molar-refractivity contribution is -0.118. The summed E-state index contributed by atoms with van der Waals surface area (Å²) in [6, 6.07) is 6.44. The van der Waals surface area contributed by atoms with E-state index in [1.165, 1.54) is 0 Å². The molecule has 4 nitrogen and oxygen atoms in total. The van der Waals surface area contributed by atoms with Gasteiger partial charge in [-0.25, -0.2) is 8.60 Å². The van der Waals surface area contributed by atoms with Crippen LogP contribution in [0.2, 0.25) is 0 Å². The fraction of sp³-hybridized carbons (Fsp3) is 0.417. The Balaban J connectivity index is 2.11. The number of rotatable bonds is 3. The normalized spacial score (nSPS) is 18.8. The lowest BCUT2D eigenvalue weighted by Crippen LogP contribution is -2.19. The Bertz CT molecular complexity index is 568. The van der Waals surface area contributed by atoms with Crippen LogP contribution in [0.25, 0.3) is 0 Å². The number of halogens is 2. The van der Waals surface area contributed by atoms with Gasteiger partial charge in [0.25, 0.3) is 11.5 Å². The molecule has 104 valence electrons. The molecule has 7 heteroatoms. The molecule has 19 heavy (non-hydrogen) atoms. The van der Waals surface area contributed by atoms with E-state index < -0.39 is 21.3 Å². The summed E-state index contributed by atoms with van der Waals surface area (Å²) >= 11 is 5.01. The molecule has 1 aromatic rings. The van der Waals surface area contributed by atoms with Crippen LogP contribution >= 0.6 is 11.6 Å². The molecule has 0 saturated carbocycles. The Hall–Kier alpha value is -1.14. The van der Waals surface area contributed by atoms with E-state index in [0.717, 1.165) is 12.8 Å². The van der Waals surface area contributed by atoms with Gasteiger partial charge < -0.3 is 5.32 Å². The molecule has 0 aromatic heterocycles. The third-order valence-electron chi connectivity index (χ3n) is 2.78. The monoisotopic (exact) mass is 304 g/mol. The summed E-state index contributed by atoms with van der Waals surface area (Å²) in [7, 11) is -2.10. The number of carbonyl (C=O) groups is 1. The van der Waals surface area contributed by atoms with Gasteiger partial charge in [-0.05, 0) is 37.1 Å². The Morgan fingerprint density at radius 2 is 1.89 bits per heavy atom. The smallest absolute Gasteiger partial charge is 0.274 e. The summed E-state index contributed by atoms with van der Waals surface area (Å²) in [6.07, 6.45) is 1.90. The first-order chi connectivity index (χ1) is 8.98. The van der Waals surface area contributed by atoms with Gasteiger partial charge in [0.15, 0.2) is 0 Å². The SMILES string of the molecule is O=C(Nc1ccc(N=S2(=O)CCCC2)cc1)C(F)Cl. The molecule has 1 heterocycles. The van der Waals surface area contributed by atoms with Crippen molar-refractivity contribution in [3.8, 4) is 0 Å². The molecule has 1 atom stereocenters. The molecule has 1 aromatic carbocycles. The molecule has 1 aliphatic heterocycles. The average Bonchev–Trinajstić information content (AvgIpc) is 2.78. The predicted octanol–water partition coefficient (Wildman–Crippen LogP) is 3.05. The van der Waals surface area contributed by atoms with Crippen LogP contribution in [0.15, 0.2) is 28.6 Å². The highest BCUT2D eigenvalue weighted by Crippen LogP contribution is 2.22. The lowest BCUT2D eigenvalue weighted by Gasteiger charge is -2.05. The van der Waals surface area contributed by atoms with Gasteiger partial charge in [-0.3, -0.25) is 4.79 Å². The summed E-state index contributed by atoms with van der Waals surface area (Å²) in [5.41, 5.74) is -1.04. The van der Waals surface area contributed by atoms with Crippen LogP contribution in [0.3, 0.4) is 0 Å². The Morgan fingerprint density at radius 3 is 2.42 bits per heavy atom. The summed E-state index contributed by atoms with van der Waals surface area (Å²) in [6.45, 7) is 0. The molecule has 2 rings (SSSR count). The maximum Gasteiger partial charge on any atom is 0.274 e. The van der Waals surface area contributed by atoms with Crippen LogP contribution in [0.5, 0.6) is 0 Å². The van der Waals surface area contributed by atoms with Gasteiger partial charge in [-0.1, -0.05) is 11.6 Å². The van der Waals surface area contributed by atoms with Crippen LogP contribution < -0.4 is 5.32 Å². The number of nitrogens with one attached hydrogen (secondary N) is 1.